The minimum Gasteiger partial charge on any atom is -0.310 e. The average Bonchev–Trinajstić information content (AvgIpc) is 2.99. The van der Waals surface area contributed by atoms with Crippen LogP contribution in [0.25, 0.3) is 0 Å². The third-order valence-corrected chi connectivity index (χ3v) is 4.56. The third kappa shape index (κ3) is 5.44. The molecule has 1 saturated heterocycles. The van der Waals surface area contributed by atoms with Crippen molar-refractivity contribution in [2.24, 2.45) is 5.92 Å². The highest BCUT2D eigenvalue weighted by molar-refractivity contribution is 5.24. The van der Waals surface area contributed by atoms with Gasteiger partial charge in [0.1, 0.15) is 0 Å². The summed E-state index contributed by atoms with van der Waals surface area (Å²) in [6.45, 7) is 11.8. The van der Waals surface area contributed by atoms with E-state index < -0.39 is 0 Å². The minimum atomic E-state index is 0.446. The molecule has 2 nitrogen and oxygen atoms in total. The molecule has 1 aliphatic rings. The summed E-state index contributed by atoms with van der Waals surface area (Å²) in [4.78, 5) is 2.61. The molecule has 1 N–H and O–H groups in total. The highest BCUT2D eigenvalue weighted by atomic mass is 15.1. The van der Waals surface area contributed by atoms with Gasteiger partial charge in [-0.3, -0.25) is 0 Å². The molecule has 2 unspecified atom stereocenters. The molecule has 118 valence electrons. The first-order chi connectivity index (χ1) is 10.2. The molecule has 1 heterocycles. The van der Waals surface area contributed by atoms with Gasteiger partial charge in [0.2, 0.25) is 0 Å². The Morgan fingerprint density at radius 2 is 1.76 bits per heavy atom. The van der Waals surface area contributed by atoms with E-state index in [0.29, 0.717) is 6.04 Å². The van der Waals surface area contributed by atoms with Crippen LogP contribution in [0.15, 0.2) is 24.3 Å². The Kier molecular flexibility index (Phi) is 6.72. The van der Waals surface area contributed by atoms with E-state index in [2.05, 4.69) is 55.3 Å². The van der Waals surface area contributed by atoms with Gasteiger partial charge in [0, 0.05) is 12.6 Å². The Balaban J connectivity index is 1.73. The lowest BCUT2D eigenvalue weighted by Gasteiger charge is -2.22. The standard InChI is InChI=1S/C19H32N2/c1-4-7-18-8-10-19(11-9-18)17(3)20-14-16(2)15-21-12-5-6-13-21/h8-11,16-17,20H,4-7,12-15H2,1-3H3. The fraction of sp³-hybridized carbons (Fsp3) is 0.684. The fourth-order valence-corrected chi connectivity index (χ4v) is 3.23. The number of rotatable bonds is 8. The van der Waals surface area contributed by atoms with E-state index in [-0.39, 0.29) is 0 Å². The summed E-state index contributed by atoms with van der Waals surface area (Å²) in [5.41, 5.74) is 2.86. The second-order valence-electron chi connectivity index (χ2n) is 6.73. The summed E-state index contributed by atoms with van der Waals surface area (Å²) >= 11 is 0. The minimum absolute atomic E-state index is 0.446. The van der Waals surface area contributed by atoms with Crippen LogP contribution in [0.4, 0.5) is 0 Å². The Morgan fingerprint density at radius 3 is 2.38 bits per heavy atom. The van der Waals surface area contributed by atoms with E-state index in [4.69, 9.17) is 0 Å². The molecule has 2 rings (SSSR count). The zero-order valence-electron chi connectivity index (χ0n) is 14.1. The number of aryl methyl sites for hydroxylation is 1. The summed E-state index contributed by atoms with van der Waals surface area (Å²) in [6, 6.07) is 9.58. The molecular weight excluding hydrogens is 256 g/mol. The van der Waals surface area contributed by atoms with Gasteiger partial charge in [-0.05, 0) is 62.9 Å². The van der Waals surface area contributed by atoms with Gasteiger partial charge in [-0.25, -0.2) is 0 Å². The van der Waals surface area contributed by atoms with E-state index in [1.54, 1.807) is 0 Å². The molecule has 0 saturated carbocycles. The van der Waals surface area contributed by atoms with Gasteiger partial charge in [-0.2, -0.15) is 0 Å². The van der Waals surface area contributed by atoms with Crippen molar-refractivity contribution in [3.63, 3.8) is 0 Å². The average molecular weight is 288 g/mol. The van der Waals surface area contributed by atoms with Crippen LogP contribution in [0.1, 0.15) is 57.2 Å². The molecule has 0 aliphatic carbocycles. The number of hydrogen-bond acceptors (Lipinski definition) is 2. The molecule has 2 atom stereocenters. The van der Waals surface area contributed by atoms with Gasteiger partial charge >= 0.3 is 0 Å². The SMILES string of the molecule is CCCc1ccc(C(C)NCC(C)CN2CCCC2)cc1. The zero-order valence-corrected chi connectivity index (χ0v) is 14.1. The van der Waals surface area contributed by atoms with Crippen LogP contribution in [0.2, 0.25) is 0 Å². The van der Waals surface area contributed by atoms with E-state index in [0.717, 1.165) is 12.5 Å². The second-order valence-corrected chi connectivity index (χ2v) is 6.73. The predicted molar refractivity (Wildman–Crippen MR) is 91.7 cm³/mol. The van der Waals surface area contributed by atoms with Crippen LogP contribution in [0, 0.1) is 5.92 Å². The second kappa shape index (κ2) is 8.55. The molecular formula is C19H32N2. The van der Waals surface area contributed by atoms with E-state index in [9.17, 15) is 0 Å². The molecule has 1 aromatic rings. The highest BCUT2D eigenvalue weighted by Gasteiger charge is 2.15. The highest BCUT2D eigenvalue weighted by Crippen LogP contribution is 2.15. The van der Waals surface area contributed by atoms with Gasteiger partial charge in [0.25, 0.3) is 0 Å². The van der Waals surface area contributed by atoms with Crippen LogP contribution >= 0.6 is 0 Å². The number of nitrogens with one attached hydrogen (secondary N) is 1. The first kappa shape index (κ1) is 16.5. The predicted octanol–water partition coefficient (Wildman–Crippen LogP) is 4.02. The van der Waals surface area contributed by atoms with Gasteiger partial charge in [-0.15, -0.1) is 0 Å². The number of likely N-dealkylation sites (tertiary alicyclic amines) is 1. The molecule has 21 heavy (non-hydrogen) atoms. The summed E-state index contributed by atoms with van der Waals surface area (Å²) < 4.78 is 0. The van der Waals surface area contributed by atoms with E-state index >= 15 is 0 Å². The van der Waals surface area contributed by atoms with Crippen molar-refractivity contribution in [2.45, 2.75) is 52.5 Å². The van der Waals surface area contributed by atoms with E-state index in [1.807, 2.05) is 0 Å². The van der Waals surface area contributed by atoms with Gasteiger partial charge in [0.05, 0.1) is 0 Å². The fourth-order valence-electron chi connectivity index (χ4n) is 3.23. The molecule has 0 spiro atoms. The van der Waals surface area contributed by atoms with Crippen molar-refractivity contribution in [3.8, 4) is 0 Å². The molecule has 0 radical (unpaired) electrons. The van der Waals surface area contributed by atoms with Crippen molar-refractivity contribution in [1.82, 2.24) is 10.2 Å². The molecule has 0 aromatic heterocycles. The van der Waals surface area contributed by atoms with Gasteiger partial charge in [-0.1, -0.05) is 44.5 Å². The Bertz CT molecular complexity index is 393. The van der Waals surface area contributed by atoms with E-state index in [1.165, 1.54) is 56.4 Å². The summed E-state index contributed by atoms with van der Waals surface area (Å²) in [5, 5.41) is 3.70. The van der Waals surface area contributed by atoms with Gasteiger partial charge in [0.15, 0.2) is 0 Å². The molecule has 2 heteroatoms. The van der Waals surface area contributed by atoms with Crippen LogP contribution in [0.5, 0.6) is 0 Å². The topological polar surface area (TPSA) is 15.3 Å². The lowest BCUT2D eigenvalue weighted by molar-refractivity contribution is 0.279. The third-order valence-electron chi connectivity index (χ3n) is 4.56. The maximum Gasteiger partial charge on any atom is 0.0291 e. The maximum absolute atomic E-state index is 3.70. The number of nitrogens with zero attached hydrogens (tertiary/aromatic N) is 1. The Hall–Kier alpha value is -0.860. The first-order valence-corrected chi connectivity index (χ1v) is 8.73. The van der Waals surface area contributed by atoms with Crippen molar-refractivity contribution < 1.29 is 0 Å². The largest absolute Gasteiger partial charge is 0.310 e. The Morgan fingerprint density at radius 1 is 1.10 bits per heavy atom. The number of benzene rings is 1. The molecule has 1 aromatic carbocycles. The molecule has 1 aliphatic heterocycles. The smallest absolute Gasteiger partial charge is 0.0291 e. The monoisotopic (exact) mass is 288 g/mol. The van der Waals surface area contributed by atoms with Crippen LogP contribution in [-0.2, 0) is 6.42 Å². The lowest BCUT2D eigenvalue weighted by Crippen LogP contribution is -2.32. The maximum atomic E-state index is 3.70. The van der Waals surface area contributed by atoms with Crippen LogP contribution < -0.4 is 5.32 Å². The lowest BCUT2D eigenvalue weighted by atomic mass is 10.0. The summed E-state index contributed by atoms with van der Waals surface area (Å²) in [5.74, 6) is 0.727. The molecule has 0 amide bonds. The van der Waals surface area contributed by atoms with Crippen molar-refractivity contribution >= 4 is 0 Å². The summed E-state index contributed by atoms with van der Waals surface area (Å²) in [7, 11) is 0. The van der Waals surface area contributed by atoms with Crippen molar-refractivity contribution in [2.75, 3.05) is 26.2 Å². The quantitative estimate of drug-likeness (QED) is 0.777. The zero-order chi connectivity index (χ0) is 15.1. The van der Waals surface area contributed by atoms with Crippen LogP contribution in [-0.4, -0.2) is 31.1 Å². The van der Waals surface area contributed by atoms with Crippen LogP contribution in [0.3, 0.4) is 0 Å². The number of hydrogen-bond donors (Lipinski definition) is 1. The molecule has 0 bridgehead atoms. The Labute approximate surface area is 130 Å². The molecule has 1 fully saturated rings. The van der Waals surface area contributed by atoms with Crippen molar-refractivity contribution in [3.05, 3.63) is 35.4 Å². The summed E-state index contributed by atoms with van der Waals surface area (Å²) in [6.07, 6.45) is 5.19. The van der Waals surface area contributed by atoms with Gasteiger partial charge < -0.3 is 10.2 Å². The normalized spacial score (nSPS) is 18.8. The van der Waals surface area contributed by atoms with Crippen molar-refractivity contribution in [1.29, 1.82) is 0 Å². The first-order valence-electron chi connectivity index (χ1n) is 8.73.